The Morgan fingerprint density at radius 2 is 1.88 bits per heavy atom. The molecule has 0 aromatic heterocycles. The molecule has 0 aliphatic rings. The number of para-hydroxylation sites is 1. The number of rotatable bonds is 7. The number of carbonyl (C=O) groups excluding carboxylic acids is 3. The molecule has 26 heavy (non-hydrogen) atoms. The maximum Gasteiger partial charge on any atom is 0.262 e. The van der Waals surface area contributed by atoms with Crippen LogP contribution < -0.4 is 15.4 Å². The van der Waals surface area contributed by atoms with Crippen LogP contribution in [0.3, 0.4) is 0 Å². The van der Waals surface area contributed by atoms with E-state index < -0.39 is 0 Å². The molecular weight excluding hydrogens is 332 g/mol. The van der Waals surface area contributed by atoms with Gasteiger partial charge in [0.1, 0.15) is 5.75 Å². The number of aryl methyl sites for hydroxylation is 1. The third-order valence-electron chi connectivity index (χ3n) is 3.59. The molecule has 2 rings (SSSR count). The third kappa shape index (κ3) is 5.17. The van der Waals surface area contributed by atoms with Crippen molar-refractivity contribution >= 4 is 23.8 Å². The lowest BCUT2D eigenvalue weighted by atomic mass is 10.1. The van der Waals surface area contributed by atoms with Gasteiger partial charge >= 0.3 is 0 Å². The predicted octanol–water partition coefficient (Wildman–Crippen LogP) is 2.96. The summed E-state index contributed by atoms with van der Waals surface area (Å²) < 4.78 is 5.39. The zero-order valence-corrected chi connectivity index (χ0v) is 15.0. The summed E-state index contributed by atoms with van der Waals surface area (Å²) in [6.07, 6.45) is 0.673. The molecule has 0 saturated heterocycles. The van der Waals surface area contributed by atoms with Gasteiger partial charge in [-0.1, -0.05) is 18.2 Å². The highest BCUT2D eigenvalue weighted by Gasteiger charge is 2.12. The van der Waals surface area contributed by atoms with Gasteiger partial charge in [0.2, 0.25) is 0 Å². The van der Waals surface area contributed by atoms with Gasteiger partial charge in [-0.05, 0) is 50.6 Å². The number of benzene rings is 2. The Hall–Kier alpha value is -3.15. The minimum Gasteiger partial charge on any atom is -0.483 e. The van der Waals surface area contributed by atoms with Crippen molar-refractivity contribution in [1.29, 1.82) is 0 Å². The fraction of sp³-hybridized carbons (Fsp3) is 0.250. The highest BCUT2D eigenvalue weighted by atomic mass is 16.5. The molecule has 0 unspecified atom stereocenters. The summed E-state index contributed by atoms with van der Waals surface area (Å²) in [5.74, 6) is -0.229. The van der Waals surface area contributed by atoms with E-state index in [-0.39, 0.29) is 24.5 Å². The molecule has 0 aliphatic carbocycles. The molecule has 0 spiro atoms. The monoisotopic (exact) mass is 354 g/mol. The van der Waals surface area contributed by atoms with Crippen molar-refractivity contribution in [1.82, 2.24) is 5.32 Å². The topological polar surface area (TPSA) is 84.5 Å². The van der Waals surface area contributed by atoms with Gasteiger partial charge in [0.25, 0.3) is 11.8 Å². The molecule has 0 aliphatic heterocycles. The number of hydrogen-bond donors (Lipinski definition) is 2. The van der Waals surface area contributed by atoms with Gasteiger partial charge in [-0.15, -0.1) is 0 Å². The highest BCUT2D eigenvalue weighted by molar-refractivity contribution is 5.98. The van der Waals surface area contributed by atoms with E-state index in [0.29, 0.717) is 28.8 Å². The summed E-state index contributed by atoms with van der Waals surface area (Å²) in [5, 5.41) is 5.52. The maximum atomic E-state index is 12.2. The molecule has 0 saturated carbocycles. The fourth-order valence-electron chi connectivity index (χ4n) is 2.33. The largest absolute Gasteiger partial charge is 0.483 e. The first-order valence-electron chi connectivity index (χ1n) is 8.29. The van der Waals surface area contributed by atoms with Gasteiger partial charge in [-0.25, -0.2) is 0 Å². The van der Waals surface area contributed by atoms with Crippen LogP contribution in [0.5, 0.6) is 5.75 Å². The van der Waals surface area contributed by atoms with Gasteiger partial charge in [0, 0.05) is 17.3 Å². The standard InChI is InChI=1S/C20H22N2O4/c1-13(2)21-20(25)17-10-16(9-8-14(17)3)22-19(24)12-26-18-7-5-4-6-15(18)11-23/h4-11,13H,12H2,1-3H3,(H,21,25)(H,22,24). The molecule has 2 aromatic rings. The van der Waals surface area contributed by atoms with E-state index in [1.54, 1.807) is 42.5 Å². The summed E-state index contributed by atoms with van der Waals surface area (Å²) in [6, 6.07) is 11.8. The summed E-state index contributed by atoms with van der Waals surface area (Å²) in [6.45, 7) is 5.35. The van der Waals surface area contributed by atoms with E-state index in [0.717, 1.165) is 5.56 Å². The molecule has 6 heteroatoms. The van der Waals surface area contributed by atoms with Crippen LogP contribution in [0.1, 0.15) is 40.1 Å². The second kappa shape index (κ2) is 8.80. The number of anilines is 1. The van der Waals surface area contributed by atoms with Crippen molar-refractivity contribution in [3.63, 3.8) is 0 Å². The molecule has 2 aromatic carbocycles. The molecule has 0 fully saturated rings. The second-order valence-corrected chi connectivity index (χ2v) is 6.15. The Labute approximate surface area is 152 Å². The maximum absolute atomic E-state index is 12.2. The third-order valence-corrected chi connectivity index (χ3v) is 3.59. The summed E-state index contributed by atoms with van der Waals surface area (Å²) in [5.41, 5.74) is 2.20. The quantitative estimate of drug-likeness (QED) is 0.749. The molecule has 6 nitrogen and oxygen atoms in total. The summed E-state index contributed by atoms with van der Waals surface area (Å²) in [4.78, 5) is 35.3. The van der Waals surface area contributed by atoms with Crippen molar-refractivity contribution < 1.29 is 19.1 Å². The molecule has 0 bridgehead atoms. The van der Waals surface area contributed by atoms with Crippen LogP contribution in [0.2, 0.25) is 0 Å². The summed E-state index contributed by atoms with van der Waals surface area (Å²) >= 11 is 0. The zero-order valence-electron chi connectivity index (χ0n) is 15.0. The lowest BCUT2D eigenvalue weighted by Gasteiger charge is -2.13. The van der Waals surface area contributed by atoms with Crippen LogP contribution in [-0.4, -0.2) is 30.7 Å². The lowest BCUT2D eigenvalue weighted by molar-refractivity contribution is -0.118. The van der Waals surface area contributed by atoms with Gasteiger partial charge in [-0.3, -0.25) is 14.4 Å². The van der Waals surface area contributed by atoms with E-state index in [1.165, 1.54) is 0 Å². The van der Waals surface area contributed by atoms with E-state index in [9.17, 15) is 14.4 Å². The van der Waals surface area contributed by atoms with Crippen molar-refractivity contribution in [2.24, 2.45) is 0 Å². The van der Waals surface area contributed by atoms with Crippen LogP contribution >= 0.6 is 0 Å². The molecule has 2 N–H and O–H groups in total. The van der Waals surface area contributed by atoms with E-state index in [2.05, 4.69) is 10.6 Å². The highest BCUT2D eigenvalue weighted by Crippen LogP contribution is 2.17. The number of hydrogen-bond acceptors (Lipinski definition) is 4. The Morgan fingerprint density at radius 1 is 1.15 bits per heavy atom. The average Bonchev–Trinajstić information content (AvgIpc) is 2.61. The normalized spacial score (nSPS) is 10.3. The molecule has 136 valence electrons. The first kappa shape index (κ1) is 19.2. The molecule has 0 radical (unpaired) electrons. The smallest absolute Gasteiger partial charge is 0.262 e. The Kier molecular flexibility index (Phi) is 6.49. The number of ether oxygens (including phenoxy) is 1. The molecule has 2 amide bonds. The first-order chi connectivity index (χ1) is 12.4. The predicted molar refractivity (Wildman–Crippen MR) is 99.7 cm³/mol. The van der Waals surface area contributed by atoms with Crippen molar-refractivity contribution in [2.75, 3.05) is 11.9 Å². The van der Waals surface area contributed by atoms with Crippen LogP contribution in [0, 0.1) is 6.92 Å². The first-order valence-corrected chi connectivity index (χ1v) is 8.29. The van der Waals surface area contributed by atoms with Gasteiger partial charge in [0.05, 0.1) is 5.56 Å². The van der Waals surface area contributed by atoms with Crippen molar-refractivity contribution in [2.45, 2.75) is 26.8 Å². The Bertz CT molecular complexity index is 815. The minimum absolute atomic E-state index is 0.0198. The van der Waals surface area contributed by atoms with E-state index >= 15 is 0 Å². The molecule has 0 heterocycles. The molecule has 0 atom stereocenters. The SMILES string of the molecule is Cc1ccc(NC(=O)COc2ccccc2C=O)cc1C(=O)NC(C)C. The lowest BCUT2D eigenvalue weighted by Crippen LogP contribution is -2.30. The second-order valence-electron chi connectivity index (χ2n) is 6.15. The summed E-state index contributed by atoms with van der Waals surface area (Å²) in [7, 11) is 0. The van der Waals surface area contributed by atoms with Gasteiger partial charge in [-0.2, -0.15) is 0 Å². The van der Waals surface area contributed by atoms with Crippen molar-refractivity contribution in [3.05, 3.63) is 59.2 Å². The van der Waals surface area contributed by atoms with Crippen molar-refractivity contribution in [3.8, 4) is 5.75 Å². The number of carbonyl (C=O) groups is 3. The Balaban J connectivity index is 2.02. The van der Waals surface area contributed by atoms with E-state index in [1.807, 2.05) is 20.8 Å². The Morgan fingerprint density at radius 3 is 2.58 bits per heavy atom. The van der Waals surface area contributed by atoms with Gasteiger partial charge < -0.3 is 15.4 Å². The minimum atomic E-state index is -0.384. The zero-order chi connectivity index (χ0) is 19.1. The van der Waals surface area contributed by atoms with Crippen LogP contribution in [-0.2, 0) is 4.79 Å². The fourth-order valence-corrected chi connectivity index (χ4v) is 2.33. The number of nitrogens with one attached hydrogen (secondary N) is 2. The number of amides is 2. The number of aldehydes is 1. The average molecular weight is 354 g/mol. The molecular formula is C20H22N2O4. The van der Waals surface area contributed by atoms with Gasteiger partial charge in [0.15, 0.2) is 12.9 Å². The van der Waals surface area contributed by atoms with Crippen LogP contribution in [0.15, 0.2) is 42.5 Å². The van der Waals surface area contributed by atoms with Crippen LogP contribution in [0.4, 0.5) is 5.69 Å². The van der Waals surface area contributed by atoms with E-state index in [4.69, 9.17) is 4.74 Å². The van der Waals surface area contributed by atoms with Crippen LogP contribution in [0.25, 0.3) is 0 Å².